The number of carbonyl (C=O) groups excluding carboxylic acids is 1. The molecule has 5 heteroatoms. The molecule has 25 heavy (non-hydrogen) atoms. The molecule has 2 aliphatic rings. The number of hydrogen-bond donors (Lipinski definition) is 2. The van der Waals surface area contributed by atoms with Gasteiger partial charge in [0.2, 0.25) is 5.91 Å². The molecule has 0 radical (unpaired) electrons. The molecule has 1 amide bonds. The molecule has 2 heterocycles. The third-order valence-electron chi connectivity index (χ3n) is 5.61. The smallest absolute Gasteiger partial charge is 0.223 e. The van der Waals surface area contributed by atoms with E-state index in [9.17, 15) is 4.79 Å². The van der Waals surface area contributed by atoms with Crippen molar-refractivity contribution in [3.63, 3.8) is 0 Å². The van der Waals surface area contributed by atoms with Crippen LogP contribution in [0.2, 0.25) is 0 Å². The second kappa shape index (κ2) is 9.02. The maximum Gasteiger partial charge on any atom is 0.223 e. The summed E-state index contributed by atoms with van der Waals surface area (Å²) < 4.78 is 0. The van der Waals surface area contributed by atoms with E-state index in [1.54, 1.807) is 0 Å². The Morgan fingerprint density at radius 3 is 2.56 bits per heavy atom. The molecule has 1 atom stereocenters. The van der Waals surface area contributed by atoms with Crippen LogP contribution in [0.15, 0.2) is 24.3 Å². The van der Waals surface area contributed by atoms with E-state index in [1.165, 1.54) is 17.5 Å². The van der Waals surface area contributed by atoms with Crippen LogP contribution in [0.25, 0.3) is 0 Å². The molecule has 4 nitrogen and oxygen atoms in total. The standard InChI is InChI=1S/C20H31N3O.ClH/c1-16-3-5-17(6-4-16)13-22-19(24)18-7-11-23(12-8-18)15-20(2)9-10-21-14-20;/h3-6,18,21H,7-15H2,1-2H3,(H,22,24);1H. The molecule has 0 aliphatic carbocycles. The van der Waals surface area contributed by atoms with Gasteiger partial charge in [0, 0.05) is 25.6 Å². The number of aryl methyl sites for hydroxylation is 1. The first-order valence-electron chi connectivity index (χ1n) is 9.30. The quantitative estimate of drug-likeness (QED) is 0.843. The van der Waals surface area contributed by atoms with E-state index < -0.39 is 0 Å². The Labute approximate surface area is 158 Å². The fourth-order valence-electron chi connectivity index (χ4n) is 3.94. The molecule has 0 aromatic heterocycles. The van der Waals surface area contributed by atoms with E-state index in [0.29, 0.717) is 12.0 Å². The molecule has 2 N–H and O–H groups in total. The Morgan fingerprint density at radius 1 is 1.28 bits per heavy atom. The van der Waals surface area contributed by atoms with Gasteiger partial charge in [0.05, 0.1) is 0 Å². The average Bonchev–Trinajstić information content (AvgIpc) is 3.01. The molecule has 0 saturated carbocycles. The van der Waals surface area contributed by atoms with Crippen molar-refractivity contribution < 1.29 is 4.79 Å². The largest absolute Gasteiger partial charge is 0.352 e. The topological polar surface area (TPSA) is 44.4 Å². The summed E-state index contributed by atoms with van der Waals surface area (Å²) in [5.41, 5.74) is 2.84. The first-order valence-corrected chi connectivity index (χ1v) is 9.30. The Hall–Kier alpha value is -1.10. The molecule has 1 aromatic rings. The van der Waals surface area contributed by atoms with E-state index in [-0.39, 0.29) is 24.2 Å². The molecule has 2 saturated heterocycles. The van der Waals surface area contributed by atoms with Gasteiger partial charge in [-0.2, -0.15) is 0 Å². The molecule has 0 spiro atoms. The maximum atomic E-state index is 12.4. The highest BCUT2D eigenvalue weighted by Crippen LogP contribution is 2.28. The Kier molecular flexibility index (Phi) is 7.29. The number of carbonyl (C=O) groups is 1. The van der Waals surface area contributed by atoms with Crippen molar-refractivity contribution in [1.29, 1.82) is 0 Å². The molecule has 0 bridgehead atoms. The van der Waals surface area contributed by atoms with Gasteiger partial charge >= 0.3 is 0 Å². The highest BCUT2D eigenvalue weighted by atomic mass is 35.5. The van der Waals surface area contributed by atoms with Crippen LogP contribution in [-0.4, -0.2) is 43.5 Å². The van der Waals surface area contributed by atoms with Crippen LogP contribution in [-0.2, 0) is 11.3 Å². The molecule has 1 unspecified atom stereocenters. The fourth-order valence-corrected chi connectivity index (χ4v) is 3.94. The number of nitrogens with one attached hydrogen (secondary N) is 2. The summed E-state index contributed by atoms with van der Waals surface area (Å²) in [6, 6.07) is 8.37. The van der Waals surface area contributed by atoms with Gasteiger partial charge in [-0.1, -0.05) is 36.8 Å². The number of benzene rings is 1. The fraction of sp³-hybridized carbons (Fsp3) is 0.650. The molecular weight excluding hydrogens is 334 g/mol. The lowest BCUT2D eigenvalue weighted by Crippen LogP contribution is -2.44. The number of amides is 1. The third kappa shape index (κ3) is 5.70. The van der Waals surface area contributed by atoms with Gasteiger partial charge < -0.3 is 15.5 Å². The van der Waals surface area contributed by atoms with Crippen LogP contribution >= 0.6 is 12.4 Å². The number of hydrogen-bond acceptors (Lipinski definition) is 3. The van der Waals surface area contributed by atoms with Gasteiger partial charge in [-0.15, -0.1) is 12.4 Å². The molecule has 3 rings (SSSR count). The number of piperidine rings is 1. The summed E-state index contributed by atoms with van der Waals surface area (Å²) >= 11 is 0. The van der Waals surface area contributed by atoms with Crippen molar-refractivity contribution in [3.05, 3.63) is 35.4 Å². The zero-order chi connectivity index (χ0) is 17.0. The number of rotatable bonds is 5. The van der Waals surface area contributed by atoms with E-state index in [0.717, 1.165) is 45.6 Å². The highest BCUT2D eigenvalue weighted by molar-refractivity contribution is 5.85. The minimum Gasteiger partial charge on any atom is -0.352 e. The van der Waals surface area contributed by atoms with Crippen LogP contribution in [0.3, 0.4) is 0 Å². The normalized spacial score (nSPS) is 24.7. The Bertz CT molecular complexity index is 547. The van der Waals surface area contributed by atoms with Gasteiger partial charge in [-0.3, -0.25) is 4.79 Å². The van der Waals surface area contributed by atoms with Crippen molar-refractivity contribution in [2.75, 3.05) is 32.7 Å². The summed E-state index contributed by atoms with van der Waals surface area (Å²) in [7, 11) is 0. The molecule has 1 aromatic carbocycles. The minimum atomic E-state index is 0. The van der Waals surface area contributed by atoms with Crippen LogP contribution in [0.1, 0.15) is 37.3 Å². The maximum absolute atomic E-state index is 12.4. The summed E-state index contributed by atoms with van der Waals surface area (Å²) in [4.78, 5) is 15.0. The van der Waals surface area contributed by atoms with E-state index in [2.05, 4.69) is 53.6 Å². The molecule has 140 valence electrons. The lowest BCUT2D eigenvalue weighted by atomic mass is 9.87. The monoisotopic (exact) mass is 365 g/mol. The minimum absolute atomic E-state index is 0. The van der Waals surface area contributed by atoms with Crippen LogP contribution in [0.4, 0.5) is 0 Å². The van der Waals surface area contributed by atoms with Gasteiger partial charge in [0.25, 0.3) is 0 Å². The van der Waals surface area contributed by atoms with Gasteiger partial charge in [-0.05, 0) is 56.8 Å². The van der Waals surface area contributed by atoms with Gasteiger partial charge in [-0.25, -0.2) is 0 Å². The van der Waals surface area contributed by atoms with Gasteiger partial charge in [0.1, 0.15) is 0 Å². The molecule has 2 fully saturated rings. The SMILES string of the molecule is Cc1ccc(CNC(=O)C2CCN(CC3(C)CCNC3)CC2)cc1.Cl. The first-order chi connectivity index (χ1) is 11.5. The highest BCUT2D eigenvalue weighted by Gasteiger charge is 2.33. The molecular formula is C20H32ClN3O. The lowest BCUT2D eigenvalue weighted by Gasteiger charge is -2.36. The van der Waals surface area contributed by atoms with E-state index >= 15 is 0 Å². The summed E-state index contributed by atoms with van der Waals surface area (Å²) in [6.45, 7) is 10.7. The first kappa shape index (κ1) is 20.2. The average molecular weight is 366 g/mol. The third-order valence-corrected chi connectivity index (χ3v) is 5.61. The van der Waals surface area contributed by atoms with Crippen LogP contribution < -0.4 is 10.6 Å². The predicted octanol–water partition coefficient (Wildman–Crippen LogP) is 2.74. The van der Waals surface area contributed by atoms with Crippen LogP contribution in [0.5, 0.6) is 0 Å². The summed E-state index contributed by atoms with van der Waals surface area (Å²) in [5, 5.41) is 6.59. The van der Waals surface area contributed by atoms with Crippen LogP contribution in [0, 0.1) is 18.3 Å². The van der Waals surface area contributed by atoms with Crippen molar-refractivity contribution >= 4 is 18.3 Å². The summed E-state index contributed by atoms with van der Waals surface area (Å²) in [6.07, 6.45) is 3.25. The molecule has 2 aliphatic heterocycles. The van der Waals surface area contributed by atoms with E-state index in [1.807, 2.05) is 0 Å². The van der Waals surface area contributed by atoms with Crippen molar-refractivity contribution in [2.24, 2.45) is 11.3 Å². The van der Waals surface area contributed by atoms with Crippen molar-refractivity contribution in [2.45, 2.75) is 39.7 Å². The Morgan fingerprint density at radius 2 is 1.96 bits per heavy atom. The van der Waals surface area contributed by atoms with Gasteiger partial charge in [0.15, 0.2) is 0 Å². The zero-order valence-corrected chi connectivity index (χ0v) is 16.3. The number of likely N-dealkylation sites (tertiary alicyclic amines) is 1. The lowest BCUT2D eigenvalue weighted by molar-refractivity contribution is -0.126. The number of nitrogens with zero attached hydrogens (tertiary/aromatic N) is 1. The second-order valence-electron chi connectivity index (χ2n) is 7.99. The second-order valence-corrected chi connectivity index (χ2v) is 7.99. The van der Waals surface area contributed by atoms with Crippen molar-refractivity contribution in [3.8, 4) is 0 Å². The number of halogens is 1. The Balaban J connectivity index is 0.00000225. The van der Waals surface area contributed by atoms with E-state index in [4.69, 9.17) is 0 Å². The zero-order valence-electron chi connectivity index (χ0n) is 15.5. The summed E-state index contributed by atoms with van der Waals surface area (Å²) in [5.74, 6) is 0.408. The predicted molar refractivity (Wildman–Crippen MR) is 105 cm³/mol. The van der Waals surface area contributed by atoms with Crippen molar-refractivity contribution in [1.82, 2.24) is 15.5 Å².